The molecule has 13 heavy (non-hydrogen) atoms. The van der Waals surface area contributed by atoms with E-state index in [2.05, 4.69) is 14.4 Å². The van der Waals surface area contributed by atoms with E-state index in [1.807, 2.05) is 0 Å². The summed E-state index contributed by atoms with van der Waals surface area (Å²) in [7, 11) is 1.13. The van der Waals surface area contributed by atoms with Crippen LogP contribution in [0.1, 0.15) is 23.2 Å². The van der Waals surface area contributed by atoms with Crippen LogP contribution in [0.3, 0.4) is 0 Å². The number of halogens is 2. The monoisotopic (exact) mass is 191 g/mol. The molecule has 72 valence electrons. The van der Waals surface area contributed by atoms with Crippen molar-refractivity contribution in [3.8, 4) is 0 Å². The predicted molar refractivity (Wildman–Crippen MR) is 37.4 cm³/mol. The number of ether oxygens (including phenoxy) is 1. The van der Waals surface area contributed by atoms with Crippen LogP contribution in [-0.4, -0.2) is 18.2 Å². The van der Waals surface area contributed by atoms with Gasteiger partial charge >= 0.3 is 11.9 Å². The number of esters is 1. The molecular formula is C7H7F2NO3. The third-order valence-electron chi connectivity index (χ3n) is 1.34. The van der Waals surface area contributed by atoms with Crippen LogP contribution in [0.15, 0.2) is 10.6 Å². The standard InChI is InChI=1S/C7H7F2NO3/c1-7(8,9)5-3-4(10-13-5)6(11)12-2/h3H,1-2H3. The fraction of sp³-hybridized carbons (Fsp3) is 0.429. The summed E-state index contributed by atoms with van der Waals surface area (Å²) in [6.07, 6.45) is 0. The third kappa shape index (κ3) is 2.01. The molecule has 0 aromatic carbocycles. The summed E-state index contributed by atoms with van der Waals surface area (Å²) >= 11 is 0. The van der Waals surface area contributed by atoms with Crippen LogP contribution < -0.4 is 0 Å². The van der Waals surface area contributed by atoms with Crippen molar-refractivity contribution in [2.24, 2.45) is 0 Å². The first-order valence-corrected chi connectivity index (χ1v) is 3.38. The van der Waals surface area contributed by atoms with Crippen molar-refractivity contribution in [3.63, 3.8) is 0 Å². The van der Waals surface area contributed by atoms with Crippen LogP contribution in [0.4, 0.5) is 8.78 Å². The second-order valence-electron chi connectivity index (χ2n) is 2.46. The van der Waals surface area contributed by atoms with Gasteiger partial charge in [0, 0.05) is 13.0 Å². The molecule has 0 bridgehead atoms. The van der Waals surface area contributed by atoms with E-state index < -0.39 is 17.7 Å². The van der Waals surface area contributed by atoms with E-state index in [-0.39, 0.29) is 5.69 Å². The molecule has 0 aliphatic rings. The molecule has 0 aliphatic heterocycles. The number of aromatic nitrogens is 1. The number of hydrogen-bond donors (Lipinski definition) is 0. The Morgan fingerprint density at radius 2 is 2.31 bits per heavy atom. The lowest BCUT2D eigenvalue weighted by Gasteiger charge is -2.02. The van der Waals surface area contributed by atoms with Crippen molar-refractivity contribution < 1.29 is 22.8 Å². The Morgan fingerprint density at radius 3 is 2.69 bits per heavy atom. The van der Waals surface area contributed by atoms with E-state index in [0.717, 1.165) is 13.2 Å². The fourth-order valence-electron chi connectivity index (χ4n) is 0.683. The maximum atomic E-state index is 12.5. The number of alkyl halides is 2. The van der Waals surface area contributed by atoms with Crippen molar-refractivity contribution >= 4 is 5.97 Å². The molecule has 6 heteroatoms. The van der Waals surface area contributed by atoms with Gasteiger partial charge < -0.3 is 9.26 Å². The van der Waals surface area contributed by atoms with Gasteiger partial charge in [0.1, 0.15) is 0 Å². The zero-order valence-electron chi connectivity index (χ0n) is 7.01. The Kier molecular flexibility index (Phi) is 2.31. The molecule has 0 saturated carbocycles. The number of rotatable bonds is 2. The van der Waals surface area contributed by atoms with Crippen LogP contribution in [0.2, 0.25) is 0 Å². The smallest absolute Gasteiger partial charge is 0.360 e. The Labute approximate surface area is 72.5 Å². The minimum Gasteiger partial charge on any atom is -0.464 e. The highest BCUT2D eigenvalue weighted by Gasteiger charge is 2.31. The molecule has 1 aromatic rings. The third-order valence-corrected chi connectivity index (χ3v) is 1.34. The fourth-order valence-corrected chi connectivity index (χ4v) is 0.683. The molecule has 0 unspecified atom stereocenters. The first-order chi connectivity index (χ1) is 5.95. The van der Waals surface area contributed by atoms with E-state index >= 15 is 0 Å². The van der Waals surface area contributed by atoms with E-state index in [0.29, 0.717) is 6.92 Å². The minimum absolute atomic E-state index is 0.265. The van der Waals surface area contributed by atoms with E-state index in [9.17, 15) is 13.6 Å². The average Bonchev–Trinajstić information content (AvgIpc) is 2.50. The highest BCUT2D eigenvalue weighted by Crippen LogP contribution is 2.27. The first-order valence-electron chi connectivity index (χ1n) is 3.38. The molecule has 0 N–H and O–H groups in total. The molecular weight excluding hydrogens is 184 g/mol. The minimum atomic E-state index is -3.14. The molecule has 1 aromatic heterocycles. The highest BCUT2D eigenvalue weighted by atomic mass is 19.3. The van der Waals surface area contributed by atoms with Gasteiger partial charge in [-0.1, -0.05) is 5.16 Å². The SMILES string of the molecule is COC(=O)c1cc(C(C)(F)F)on1. The maximum Gasteiger partial charge on any atom is 0.360 e. The Bertz CT molecular complexity index is 316. The molecule has 0 radical (unpaired) electrons. The van der Waals surface area contributed by atoms with E-state index in [1.165, 1.54) is 0 Å². The molecule has 0 atom stereocenters. The summed E-state index contributed by atoms with van der Waals surface area (Å²) in [5.41, 5.74) is -0.265. The molecule has 0 fully saturated rings. The lowest BCUT2D eigenvalue weighted by Crippen LogP contribution is -2.05. The van der Waals surface area contributed by atoms with Gasteiger partial charge in [0.25, 0.3) is 0 Å². The largest absolute Gasteiger partial charge is 0.464 e. The van der Waals surface area contributed by atoms with Crippen molar-refractivity contribution in [1.82, 2.24) is 5.16 Å². The van der Waals surface area contributed by atoms with Crippen LogP contribution in [0, 0.1) is 0 Å². The number of carbonyl (C=O) groups is 1. The second-order valence-corrected chi connectivity index (χ2v) is 2.46. The van der Waals surface area contributed by atoms with Gasteiger partial charge in [0.2, 0.25) is 5.76 Å². The number of hydrogen-bond acceptors (Lipinski definition) is 4. The second kappa shape index (κ2) is 3.12. The summed E-state index contributed by atoms with van der Waals surface area (Å²) in [6, 6.07) is 0.853. The van der Waals surface area contributed by atoms with Gasteiger partial charge in [-0.15, -0.1) is 0 Å². The molecule has 0 amide bonds. The molecule has 0 saturated heterocycles. The quantitative estimate of drug-likeness (QED) is 0.666. The molecule has 1 rings (SSSR count). The molecule has 4 nitrogen and oxygen atoms in total. The highest BCUT2D eigenvalue weighted by molar-refractivity contribution is 5.86. The van der Waals surface area contributed by atoms with Crippen molar-refractivity contribution in [1.29, 1.82) is 0 Å². The first kappa shape index (κ1) is 9.63. The lowest BCUT2D eigenvalue weighted by atomic mass is 10.2. The van der Waals surface area contributed by atoms with Crippen LogP contribution in [0.5, 0.6) is 0 Å². The number of methoxy groups -OCH3 is 1. The van der Waals surface area contributed by atoms with Crippen molar-refractivity contribution in [2.45, 2.75) is 12.8 Å². The summed E-state index contributed by atoms with van der Waals surface area (Å²) in [5.74, 6) is -4.61. The molecule has 0 spiro atoms. The molecule has 1 heterocycles. The maximum absolute atomic E-state index is 12.5. The van der Waals surface area contributed by atoms with Gasteiger partial charge in [0.05, 0.1) is 7.11 Å². The van der Waals surface area contributed by atoms with Crippen LogP contribution in [-0.2, 0) is 10.7 Å². The van der Waals surface area contributed by atoms with Crippen LogP contribution >= 0.6 is 0 Å². The molecule has 0 aliphatic carbocycles. The predicted octanol–water partition coefficient (Wildman–Crippen LogP) is 1.57. The van der Waals surface area contributed by atoms with Crippen molar-refractivity contribution in [2.75, 3.05) is 7.11 Å². The normalized spacial score (nSPS) is 11.4. The van der Waals surface area contributed by atoms with Gasteiger partial charge in [-0.05, 0) is 0 Å². The Morgan fingerprint density at radius 1 is 1.69 bits per heavy atom. The zero-order chi connectivity index (χ0) is 10.1. The number of carbonyl (C=O) groups excluding carboxylic acids is 1. The van der Waals surface area contributed by atoms with Crippen LogP contribution in [0.25, 0.3) is 0 Å². The van der Waals surface area contributed by atoms with E-state index in [1.54, 1.807) is 0 Å². The average molecular weight is 191 g/mol. The zero-order valence-corrected chi connectivity index (χ0v) is 7.01. The van der Waals surface area contributed by atoms with Gasteiger partial charge in [-0.25, -0.2) is 4.79 Å². The summed E-state index contributed by atoms with van der Waals surface area (Å²) in [5, 5.41) is 3.12. The van der Waals surface area contributed by atoms with Crippen molar-refractivity contribution in [3.05, 3.63) is 17.5 Å². The van der Waals surface area contributed by atoms with Gasteiger partial charge in [0.15, 0.2) is 5.69 Å². The Balaban J connectivity index is 2.93. The van der Waals surface area contributed by atoms with Gasteiger partial charge in [-0.3, -0.25) is 0 Å². The van der Waals surface area contributed by atoms with Gasteiger partial charge in [-0.2, -0.15) is 8.78 Å². The topological polar surface area (TPSA) is 52.3 Å². The summed E-state index contributed by atoms with van der Waals surface area (Å²) in [6.45, 7) is 0.647. The van der Waals surface area contributed by atoms with E-state index in [4.69, 9.17) is 0 Å². The lowest BCUT2D eigenvalue weighted by molar-refractivity contribution is -0.0106. The Hall–Kier alpha value is -1.46. The summed E-state index contributed by atoms with van der Waals surface area (Å²) in [4.78, 5) is 10.8. The summed E-state index contributed by atoms with van der Waals surface area (Å²) < 4.78 is 33.6. The number of nitrogens with zero attached hydrogens (tertiary/aromatic N) is 1.